The molecule has 2 N–H and O–H groups in total. The minimum absolute atomic E-state index is 0.159. The van der Waals surface area contributed by atoms with E-state index < -0.39 is 6.04 Å². The number of aromatic amines is 1. The molecule has 0 radical (unpaired) electrons. The number of H-pyrrole nitrogens is 1. The number of methoxy groups -OCH3 is 1. The SMILES string of the molecule is COc1ccc2[nH]cc(CCN[C@@H]3CC(=O)N(c4ccccc4C)C3=O)c2c1. The molecule has 2 amide bonds. The van der Waals surface area contributed by atoms with Crippen molar-refractivity contribution in [2.45, 2.75) is 25.8 Å². The van der Waals surface area contributed by atoms with Crippen molar-refractivity contribution in [2.75, 3.05) is 18.6 Å². The summed E-state index contributed by atoms with van der Waals surface area (Å²) in [7, 11) is 1.65. The smallest absolute Gasteiger partial charge is 0.251 e. The number of aromatic nitrogens is 1. The third-order valence-corrected chi connectivity index (χ3v) is 5.26. The van der Waals surface area contributed by atoms with Gasteiger partial charge < -0.3 is 15.0 Å². The third kappa shape index (κ3) is 3.27. The van der Waals surface area contributed by atoms with Crippen LogP contribution in [-0.2, 0) is 16.0 Å². The highest BCUT2D eigenvalue weighted by Crippen LogP contribution is 2.26. The molecule has 4 rings (SSSR count). The average Bonchev–Trinajstić information content (AvgIpc) is 3.22. The number of benzene rings is 2. The van der Waals surface area contributed by atoms with E-state index in [9.17, 15) is 9.59 Å². The Morgan fingerprint density at radius 2 is 2.04 bits per heavy atom. The lowest BCUT2D eigenvalue weighted by molar-refractivity contribution is -0.121. The minimum Gasteiger partial charge on any atom is -0.497 e. The quantitative estimate of drug-likeness (QED) is 0.648. The molecule has 1 aliphatic heterocycles. The Labute approximate surface area is 163 Å². The number of para-hydroxylation sites is 1. The van der Waals surface area contributed by atoms with Crippen molar-refractivity contribution in [3.8, 4) is 5.75 Å². The molecule has 0 unspecified atom stereocenters. The Hall–Kier alpha value is -3.12. The number of rotatable bonds is 6. The number of nitrogens with one attached hydrogen (secondary N) is 2. The lowest BCUT2D eigenvalue weighted by atomic mass is 10.1. The maximum Gasteiger partial charge on any atom is 0.251 e. The first-order valence-corrected chi connectivity index (χ1v) is 9.38. The number of ether oxygens (including phenoxy) is 1. The van der Waals surface area contributed by atoms with Gasteiger partial charge in [-0.1, -0.05) is 18.2 Å². The van der Waals surface area contributed by atoms with Crippen LogP contribution in [0.1, 0.15) is 17.5 Å². The summed E-state index contributed by atoms with van der Waals surface area (Å²) in [6.45, 7) is 2.51. The van der Waals surface area contributed by atoms with Crippen LogP contribution in [0.4, 0.5) is 5.69 Å². The van der Waals surface area contributed by atoms with Crippen molar-refractivity contribution in [1.82, 2.24) is 10.3 Å². The average molecular weight is 377 g/mol. The number of hydrogen-bond donors (Lipinski definition) is 2. The van der Waals surface area contributed by atoms with Crippen LogP contribution >= 0.6 is 0 Å². The largest absolute Gasteiger partial charge is 0.497 e. The highest BCUT2D eigenvalue weighted by atomic mass is 16.5. The number of hydrogen-bond acceptors (Lipinski definition) is 4. The van der Waals surface area contributed by atoms with Gasteiger partial charge in [0.15, 0.2) is 0 Å². The fourth-order valence-electron chi connectivity index (χ4n) is 3.73. The molecular weight excluding hydrogens is 354 g/mol. The van der Waals surface area contributed by atoms with Crippen molar-refractivity contribution in [3.63, 3.8) is 0 Å². The van der Waals surface area contributed by atoms with E-state index >= 15 is 0 Å². The molecule has 28 heavy (non-hydrogen) atoms. The van der Waals surface area contributed by atoms with Gasteiger partial charge in [-0.15, -0.1) is 0 Å². The Balaban J connectivity index is 1.43. The van der Waals surface area contributed by atoms with E-state index in [2.05, 4.69) is 10.3 Å². The summed E-state index contributed by atoms with van der Waals surface area (Å²) in [6, 6.07) is 12.9. The van der Waals surface area contributed by atoms with Crippen LogP contribution < -0.4 is 15.0 Å². The number of aryl methyl sites for hydroxylation is 1. The summed E-state index contributed by atoms with van der Waals surface area (Å²) in [4.78, 5) is 29.8. The fraction of sp³-hybridized carbons (Fsp3) is 0.273. The summed E-state index contributed by atoms with van der Waals surface area (Å²) in [6.07, 6.45) is 2.91. The highest BCUT2D eigenvalue weighted by molar-refractivity contribution is 6.22. The zero-order valence-electron chi connectivity index (χ0n) is 16.0. The Kier molecular flexibility index (Phi) is 4.88. The second-order valence-corrected chi connectivity index (χ2v) is 7.04. The molecule has 0 aliphatic carbocycles. The highest BCUT2D eigenvalue weighted by Gasteiger charge is 2.39. The van der Waals surface area contributed by atoms with Crippen LogP contribution in [0.3, 0.4) is 0 Å². The standard InChI is InChI=1S/C22H23N3O3/c1-14-5-3-4-6-20(14)25-21(26)12-19(22(25)27)23-10-9-15-13-24-18-8-7-16(28-2)11-17(15)18/h3-8,11,13,19,23-24H,9-10,12H2,1-2H3/t19-/m1/s1. The van der Waals surface area contributed by atoms with E-state index in [-0.39, 0.29) is 18.2 Å². The lowest BCUT2D eigenvalue weighted by Crippen LogP contribution is -2.39. The number of fused-ring (bicyclic) bond motifs is 1. The number of anilines is 1. The van der Waals surface area contributed by atoms with Gasteiger partial charge in [0.1, 0.15) is 5.75 Å². The molecule has 1 aromatic heterocycles. The molecule has 144 valence electrons. The number of imide groups is 1. The molecule has 2 aromatic carbocycles. The molecule has 1 aliphatic rings. The summed E-state index contributed by atoms with van der Waals surface area (Å²) < 4.78 is 5.30. The van der Waals surface area contributed by atoms with Crippen molar-refractivity contribution < 1.29 is 14.3 Å². The van der Waals surface area contributed by atoms with Crippen LogP contribution in [0.15, 0.2) is 48.7 Å². The van der Waals surface area contributed by atoms with Gasteiger partial charge in [0.25, 0.3) is 5.91 Å². The molecule has 2 heterocycles. The molecule has 0 saturated carbocycles. The van der Waals surface area contributed by atoms with Crippen LogP contribution in [0.5, 0.6) is 5.75 Å². The molecule has 6 nitrogen and oxygen atoms in total. The van der Waals surface area contributed by atoms with E-state index in [4.69, 9.17) is 4.74 Å². The van der Waals surface area contributed by atoms with Gasteiger partial charge in [0.2, 0.25) is 5.91 Å². The van der Waals surface area contributed by atoms with Crippen molar-refractivity contribution >= 4 is 28.4 Å². The number of carbonyl (C=O) groups is 2. The number of carbonyl (C=O) groups excluding carboxylic acids is 2. The zero-order valence-corrected chi connectivity index (χ0v) is 16.0. The van der Waals surface area contributed by atoms with Gasteiger partial charge in [0.05, 0.1) is 25.3 Å². The second kappa shape index (κ2) is 7.48. The molecule has 0 spiro atoms. The maximum absolute atomic E-state index is 12.8. The van der Waals surface area contributed by atoms with Crippen molar-refractivity contribution in [3.05, 3.63) is 59.8 Å². The van der Waals surface area contributed by atoms with E-state index in [0.717, 1.165) is 34.2 Å². The van der Waals surface area contributed by atoms with E-state index in [1.165, 1.54) is 4.90 Å². The van der Waals surface area contributed by atoms with E-state index in [0.29, 0.717) is 12.2 Å². The first kappa shape index (κ1) is 18.3. The normalized spacial score (nSPS) is 16.9. The van der Waals surface area contributed by atoms with Gasteiger partial charge >= 0.3 is 0 Å². The summed E-state index contributed by atoms with van der Waals surface area (Å²) in [5.41, 5.74) is 3.78. The van der Waals surface area contributed by atoms with Crippen LogP contribution in [-0.4, -0.2) is 36.5 Å². The summed E-state index contributed by atoms with van der Waals surface area (Å²) in [5.74, 6) is 0.472. The van der Waals surface area contributed by atoms with Crippen LogP contribution in [0.2, 0.25) is 0 Å². The third-order valence-electron chi connectivity index (χ3n) is 5.26. The molecular formula is C22H23N3O3. The van der Waals surface area contributed by atoms with Gasteiger partial charge in [-0.05, 0) is 48.7 Å². The first-order chi connectivity index (χ1) is 13.6. The first-order valence-electron chi connectivity index (χ1n) is 9.38. The van der Waals surface area contributed by atoms with Crippen molar-refractivity contribution in [2.24, 2.45) is 0 Å². The molecule has 1 atom stereocenters. The molecule has 6 heteroatoms. The molecule has 1 fully saturated rings. The monoisotopic (exact) mass is 377 g/mol. The van der Waals surface area contributed by atoms with E-state index in [1.54, 1.807) is 7.11 Å². The zero-order chi connectivity index (χ0) is 19.7. The van der Waals surface area contributed by atoms with E-state index in [1.807, 2.05) is 55.6 Å². The number of amides is 2. The van der Waals surface area contributed by atoms with Gasteiger partial charge in [0, 0.05) is 23.6 Å². The predicted octanol–water partition coefficient (Wildman–Crippen LogP) is 2.95. The Morgan fingerprint density at radius 3 is 2.82 bits per heavy atom. The number of nitrogens with zero attached hydrogens (tertiary/aromatic N) is 1. The van der Waals surface area contributed by atoms with Gasteiger partial charge in [-0.3, -0.25) is 9.59 Å². The van der Waals surface area contributed by atoms with Gasteiger partial charge in [-0.25, -0.2) is 4.90 Å². The Morgan fingerprint density at radius 1 is 1.21 bits per heavy atom. The predicted molar refractivity (Wildman–Crippen MR) is 109 cm³/mol. The topological polar surface area (TPSA) is 74.4 Å². The Bertz CT molecular complexity index is 1040. The molecule has 0 bridgehead atoms. The van der Waals surface area contributed by atoms with Crippen LogP contribution in [0.25, 0.3) is 10.9 Å². The molecule has 3 aromatic rings. The maximum atomic E-state index is 12.8. The van der Waals surface area contributed by atoms with Gasteiger partial charge in [-0.2, -0.15) is 0 Å². The fourth-order valence-corrected chi connectivity index (χ4v) is 3.73. The second-order valence-electron chi connectivity index (χ2n) is 7.04. The molecule has 1 saturated heterocycles. The lowest BCUT2D eigenvalue weighted by Gasteiger charge is -2.17. The minimum atomic E-state index is -0.480. The van der Waals surface area contributed by atoms with Crippen molar-refractivity contribution in [1.29, 1.82) is 0 Å². The summed E-state index contributed by atoms with van der Waals surface area (Å²) in [5, 5.41) is 4.36. The summed E-state index contributed by atoms with van der Waals surface area (Å²) >= 11 is 0. The van der Waals surface area contributed by atoms with Crippen LogP contribution in [0, 0.1) is 6.92 Å².